The lowest BCUT2D eigenvalue weighted by Crippen LogP contribution is -2.41. The van der Waals surface area contributed by atoms with Gasteiger partial charge in [-0.3, -0.25) is 4.79 Å². The SMILES string of the molecule is O=C(NCC1(c2ccc(Cl)cc2)CCCC1)C1CCNC1. The zero-order valence-electron chi connectivity index (χ0n) is 12.3. The highest BCUT2D eigenvalue weighted by Gasteiger charge is 2.36. The normalized spacial score (nSPS) is 24.1. The van der Waals surface area contributed by atoms with Gasteiger partial charge in [0.05, 0.1) is 5.92 Å². The number of halogens is 1. The van der Waals surface area contributed by atoms with Gasteiger partial charge < -0.3 is 10.6 Å². The maximum Gasteiger partial charge on any atom is 0.224 e. The first-order valence-corrected chi connectivity index (χ1v) is 8.32. The summed E-state index contributed by atoms with van der Waals surface area (Å²) in [6, 6.07) is 8.16. The van der Waals surface area contributed by atoms with Crippen LogP contribution < -0.4 is 10.6 Å². The number of benzene rings is 1. The average molecular weight is 307 g/mol. The van der Waals surface area contributed by atoms with Gasteiger partial charge in [0, 0.05) is 23.5 Å². The van der Waals surface area contributed by atoms with Crippen LogP contribution in [0.5, 0.6) is 0 Å². The van der Waals surface area contributed by atoms with Gasteiger partial charge in [0.15, 0.2) is 0 Å². The van der Waals surface area contributed by atoms with Gasteiger partial charge in [-0.15, -0.1) is 0 Å². The third kappa shape index (κ3) is 3.24. The number of hydrogen-bond acceptors (Lipinski definition) is 2. The summed E-state index contributed by atoms with van der Waals surface area (Å²) in [7, 11) is 0. The fraction of sp³-hybridized carbons (Fsp3) is 0.588. The average Bonchev–Trinajstić information content (AvgIpc) is 3.18. The highest BCUT2D eigenvalue weighted by molar-refractivity contribution is 6.30. The topological polar surface area (TPSA) is 41.1 Å². The molecule has 114 valence electrons. The van der Waals surface area contributed by atoms with Gasteiger partial charge in [-0.2, -0.15) is 0 Å². The fourth-order valence-electron chi connectivity index (χ4n) is 3.70. The van der Waals surface area contributed by atoms with Crippen molar-refractivity contribution in [3.63, 3.8) is 0 Å². The number of carbonyl (C=O) groups is 1. The van der Waals surface area contributed by atoms with Crippen molar-refractivity contribution >= 4 is 17.5 Å². The summed E-state index contributed by atoms with van der Waals surface area (Å²) in [4.78, 5) is 12.3. The van der Waals surface area contributed by atoms with Crippen molar-refractivity contribution in [1.82, 2.24) is 10.6 Å². The molecule has 1 saturated carbocycles. The minimum atomic E-state index is 0.103. The Labute approximate surface area is 131 Å². The monoisotopic (exact) mass is 306 g/mol. The molecule has 1 aliphatic carbocycles. The van der Waals surface area contributed by atoms with E-state index in [2.05, 4.69) is 22.8 Å². The molecule has 0 radical (unpaired) electrons. The second-order valence-corrected chi connectivity index (χ2v) is 6.84. The first-order valence-electron chi connectivity index (χ1n) is 7.94. The van der Waals surface area contributed by atoms with Crippen LogP contribution in [-0.4, -0.2) is 25.5 Å². The van der Waals surface area contributed by atoms with Crippen molar-refractivity contribution < 1.29 is 4.79 Å². The minimum Gasteiger partial charge on any atom is -0.355 e. The number of hydrogen-bond donors (Lipinski definition) is 2. The molecular formula is C17H23ClN2O. The maximum atomic E-state index is 12.3. The van der Waals surface area contributed by atoms with E-state index in [9.17, 15) is 4.79 Å². The van der Waals surface area contributed by atoms with Crippen LogP contribution in [0.2, 0.25) is 5.02 Å². The van der Waals surface area contributed by atoms with Crippen LogP contribution in [0.3, 0.4) is 0 Å². The summed E-state index contributed by atoms with van der Waals surface area (Å²) < 4.78 is 0. The van der Waals surface area contributed by atoms with Crippen molar-refractivity contribution in [2.45, 2.75) is 37.5 Å². The first-order chi connectivity index (χ1) is 10.2. The lowest BCUT2D eigenvalue weighted by Gasteiger charge is -2.30. The van der Waals surface area contributed by atoms with E-state index in [0.717, 1.165) is 43.9 Å². The number of rotatable bonds is 4. The van der Waals surface area contributed by atoms with Crippen LogP contribution >= 0.6 is 11.6 Å². The van der Waals surface area contributed by atoms with Crippen molar-refractivity contribution in [1.29, 1.82) is 0 Å². The lowest BCUT2D eigenvalue weighted by atomic mass is 9.78. The summed E-state index contributed by atoms with van der Waals surface area (Å²) in [5.74, 6) is 0.355. The van der Waals surface area contributed by atoms with E-state index in [1.165, 1.54) is 18.4 Å². The van der Waals surface area contributed by atoms with Gasteiger partial charge in [0.2, 0.25) is 5.91 Å². The van der Waals surface area contributed by atoms with Gasteiger partial charge >= 0.3 is 0 Å². The molecule has 2 aliphatic rings. The summed E-state index contributed by atoms with van der Waals surface area (Å²) in [5.41, 5.74) is 1.42. The molecule has 0 bridgehead atoms. The molecule has 1 heterocycles. The van der Waals surface area contributed by atoms with E-state index in [1.54, 1.807) is 0 Å². The molecule has 1 aromatic rings. The zero-order chi connectivity index (χ0) is 14.7. The Hall–Kier alpha value is -1.06. The summed E-state index contributed by atoms with van der Waals surface area (Å²) in [5, 5.41) is 7.23. The van der Waals surface area contributed by atoms with E-state index in [1.807, 2.05) is 12.1 Å². The van der Waals surface area contributed by atoms with Crippen LogP contribution in [-0.2, 0) is 10.2 Å². The van der Waals surface area contributed by atoms with E-state index >= 15 is 0 Å². The molecule has 3 rings (SSSR count). The Morgan fingerprint density at radius 2 is 2.00 bits per heavy atom. The molecule has 0 aromatic heterocycles. The highest BCUT2D eigenvalue weighted by Crippen LogP contribution is 2.41. The third-order valence-corrected chi connectivity index (χ3v) is 5.30. The largest absolute Gasteiger partial charge is 0.355 e. The van der Waals surface area contributed by atoms with Gasteiger partial charge in [-0.1, -0.05) is 36.6 Å². The Morgan fingerprint density at radius 1 is 1.29 bits per heavy atom. The van der Waals surface area contributed by atoms with Gasteiger partial charge in [-0.05, 0) is 43.5 Å². The summed E-state index contributed by atoms with van der Waals surface area (Å²) in [6.07, 6.45) is 5.74. The summed E-state index contributed by atoms with van der Waals surface area (Å²) in [6.45, 7) is 2.53. The molecule has 1 unspecified atom stereocenters. The van der Waals surface area contributed by atoms with Crippen LogP contribution in [0.15, 0.2) is 24.3 Å². The van der Waals surface area contributed by atoms with Crippen molar-refractivity contribution in [2.75, 3.05) is 19.6 Å². The molecule has 2 fully saturated rings. The van der Waals surface area contributed by atoms with Gasteiger partial charge in [-0.25, -0.2) is 0 Å². The lowest BCUT2D eigenvalue weighted by molar-refractivity contribution is -0.124. The molecule has 1 atom stereocenters. The smallest absolute Gasteiger partial charge is 0.224 e. The number of carbonyl (C=O) groups excluding carboxylic acids is 1. The quantitative estimate of drug-likeness (QED) is 0.898. The van der Waals surface area contributed by atoms with Crippen LogP contribution in [0, 0.1) is 5.92 Å². The molecular weight excluding hydrogens is 284 g/mol. The number of nitrogens with one attached hydrogen (secondary N) is 2. The molecule has 2 N–H and O–H groups in total. The standard InChI is InChI=1S/C17H23ClN2O/c18-15-5-3-14(4-6-15)17(8-1-2-9-17)12-20-16(21)13-7-10-19-11-13/h3-6,13,19H,1-2,7-12H2,(H,20,21). The van der Waals surface area contributed by atoms with E-state index in [0.29, 0.717) is 0 Å². The third-order valence-electron chi connectivity index (χ3n) is 5.05. The zero-order valence-corrected chi connectivity index (χ0v) is 13.1. The Bertz CT molecular complexity index is 488. The Kier molecular flexibility index (Phi) is 4.51. The molecule has 1 aliphatic heterocycles. The molecule has 1 amide bonds. The maximum absolute atomic E-state index is 12.3. The Morgan fingerprint density at radius 3 is 2.62 bits per heavy atom. The predicted octanol–water partition coefficient (Wildman–Crippen LogP) is 2.88. The van der Waals surface area contributed by atoms with Crippen molar-refractivity contribution in [3.05, 3.63) is 34.9 Å². The second-order valence-electron chi connectivity index (χ2n) is 6.40. The second kappa shape index (κ2) is 6.37. The van der Waals surface area contributed by atoms with E-state index in [-0.39, 0.29) is 17.2 Å². The van der Waals surface area contributed by atoms with E-state index < -0.39 is 0 Å². The fourth-order valence-corrected chi connectivity index (χ4v) is 3.83. The van der Waals surface area contributed by atoms with Crippen LogP contribution in [0.4, 0.5) is 0 Å². The van der Waals surface area contributed by atoms with Gasteiger partial charge in [0.1, 0.15) is 0 Å². The molecule has 1 aromatic carbocycles. The van der Waals surface area contributed by atoms with Crippen molar-refractivity contribution in [2.24, 2.45) is 5.92 Å². The molecule has 21 heavy (non-hydrogen) atoms. The first kappa shape index (κ1) is 14.9. The molecule has 4 heteroatoms. The van der Waals surface area contributed by atoms with Crippen molar-refractivity contribution in [3.8, 4) is 0 Å². The number of amides is 1. The minimum absolute atomic E-state index is 0.103. The molecule has 3 nitrogen and oxygen atoms in total. The molecule has 1 saturated heterocycles. The van der Waals surface area contributed by atoms with Crippen LogP contribution in [0.25, 0.3) is 0 Å². The highest BCUT2D eigenvalue weighted by atomic mass is 35.5. The molecule has 0 spiro atoms. The van der Waals surface area contributed by atoms with Gasteiger partial charge in [0.25, 0.3) is 0 Å². The summed E-state index contributed by atoms with van der Waals surface area (Å²) >= 11 is 6.00. The Balaban J connectivity index is 1.69. The predicted molar refractivity (Wildman–Crippen MR) is 85.6 cm³/mol. The van der Waals surface area contributed by atoms with Crippen LogP contribution in [0.1, 0.15) is 37.7 Å². The van der Waals surface area contributed by atoms with E-state index in [4.69, 9.17) is 11.6 Å².